The van der Waals surface area contributed by atoms with Gasteiger partial charge >= 0.3 is 6.03 Å². The average Bonchev–Trinajstić information content (AvgIpc) is 3.16. The highest BCUT2D eigenvalue weighted by Gasteiger charge is 2.39. The predicted octanol–water partition coefficient (Wildman–Crippen LogP) is 6.94. The van der Waals surface area contributed by atoms with E-state index in [1.54, 1.807) is 4.90 Å². The van der Waals surface area contributed by atoms with Crippen molar-refractivity contribution in [1.82, 2.24) is 15.1 Å². The standard InChI is InChI=1S/C43H55N7O4/c1-5-40(51)49-28(3)23-36(34-11-7-9-13-38(34)49)44-25-30-19-21-47(22-20-30)43(54)48-26-31(27-48)42(53)46-33-17-15-32(16-18-33)45-37-24-29(4)50(41(52)6-2)39-14-10-8-12-35(37)39/h7-18,28-31,36-37,44-45H,5-6,19-27H2,1-4H3,(H,46,53)/t28-,29-,36+,37+/m0/s1. The molecule has 7 rings (SSSR count). The number of urea groups is 1. The number of likely N-dealkylation sites (tertiary alicyclic amines) is 2. The molecule has 5 amide bonds. The third-order valence-corrected chi connectivity index (χ3v) is 11.9. The third kappa shape index (κ3) is 7.69. The molecule has 3 aromatic rings. The molecule has 0 saturated carbocycles. The van der Waals surface area contributed by atoms with Crippen LogP contribution in [0.15, 0.2) is 72.8 Å². The van der Waals surface area contributed by atoms with Crippen LogP contribution in [0, 0.1) is 11.8 Å². The molecule has 0 aliphatic carbocycles. The maximum absolute atomic E-state index is 13.3. The van der Waals surface area contributed by atoms with Crippen molar-refractivity contribution in [1.29, 1.82) is 0 Å². The number of para-hydroxylation sites is 2. The third-order valence-electron chi connectivity index (χ3n) is 11.9. The van der Waals surface area contributed by atoms with Crippen molar-refractivity contribution < 1.29 is 19.2 Å². The highest BCUT2D eigenvalue weighted by molar-refractivity contribution is 5.96. The topological polar surface area (TPSA) is 117 Å². The lowest BCUT2D eigenvalue weighted by Crippen LogP contribution is -2.59. The fraction of sp³-hybridized carbons (Fsp3) is 0.488. The quantitative estimate of drug-likeness (QED) is 0.219. The molecule has 0 bridgehead atoms. The van der Waals surface area contributed by atoms with Gasteiger partial charge in [0.15, 0.2) is 0 Å². The summed E-state index contributed by atoms with van der Waals surface area (Å²) in [7, 11) is 0. The molecule has 4 atom stereocenters. The van der Waals surface area contributed by atoms with Gasteiger partial charge in [0.25, 0.3) is 0 Å². The zero-order chi connectivity index (χ0) is 37.9. The van der Waals surface area contributed by atoms with E-state index in [4.69, 9.17) is 0 Å². The van der Waals surface area contributed by atoms with Gasteiger partial charge in [0.2, 0.25) is 17.7 Å². The van der Waals surface area contributed by atoms with E-state index in [9.17, 15) is 19.2 Å². The first-order valence-electron chi connectivity index (χ1n) is 19.9. The molecule has 11 heteroatoms. The minimum atomic E-state index is -0.230. The lowest BCUT2D eigenvalue weighted by atomic mass is 9.90. The van der Waals surface area contributed by atoms with Gasteiger partial charge < -0.3 is 35.6 Å². The summed E-state index contributed by atoms with van der Waals surface area (Å²) in [6.07, 6.45) is 4.52. The summed E-state index contributed by atoms with van der Waals surface area (Å²) < 4.78 is 0. The first kappa shape index (κ1) is 37.4. The summed E-state index contributed by atoms with van der Waals surface area (Å²) >= 11 is 0. The summed E-state index contributed by atoms with van der Waals surface area (Å²) in [6.45, 7) is 11.2. The number of carbonyl (C=O) groups is 4. The number of benzene rings is 3. The smallest absolute Gasteiger partial charge is 0.320 e. The van der Waals surface area contributed by atoms with E-state index in [-0.39, 0.29) is 53.8 Å². The normalized spacial score (nSPS) is 22.9. The zero-order valence-electron chi connectivity index (χ0n) is 32.1. The molecule has 54 heavy (non-hydrogen) atoms. The molecule has 0 radical (unpaired) electrons. The van der Waals surface area contributed by atoms with Gasteiger partial charge in [-0.25, -0.2) is 4.79 Å². The molecule has 0 spiro atoms. The van der Waals surface area contributed by atoms with E-state index < -0.39 is 0 Å². The van der Waals surface area contributed by atoms with E-state index in [1.807, 2.05) is 83.1 Å². The second-order valence-electron chi connectivity index (χ2n) is 15.6. The Morgan fingerprint density at radius 1 is 0.667 bits per heavy atom. The molecule has 2 fully saturated rings. The molecular formula is C43H55N7O4. The molecule has 4 aliphatic rings. The van der Waals surface area contributed by atoms with Gasteiger partial charge in [-0.05, 0) is 99.5 Å². The number of rotatable bonds is 9. The molecule has 4 aliphatic heterocycles. The van der Waals surface area contributed by atoms with Crippen LogP contribution in [0.2, 0.25) is 0 Å². The first-order valence-corrected chi connectivity index (χ1v) is 19.9. The van der Waals surface area contributed by atoms with E-state index >= 15 is 0 Å². The molecular weight excluding hydrogens is 679 g/mol. The molecule has 3 aromatic carbocycles. The van der Waals surface area contributed by atoms with Crippen LogP contribution in [0.4, 0.5) is 27.5 Å². The largest absolute Gasteiger partial charge is 0.378 e. The monoisotopic (exact) mass is 733 g/mol. The molecule has 0 unspecified atom stereocenters. The highest BCUT2D eigenvalue weighted by Crippen LogP contribution is 2.40. The molecule has 11 nitrogen and oxygen atoms in total. The van der Waals surface area contributed by atoms with Crippen molar-refractivity contribution >= 4 is 46.5 Å². The highest BCUT2D eigenvalue weighted by atomic mass is 16.2. The van der Waals surface area contributed by atoms with Crippen LogP contribution in [0.5, 0.6) is 0 Å². The number of amides is 5. The summed E-state index contributed by atoms with van der Waals surface area (Å²) in [4.78, 5) is 59.4. The minimum Gasteiger partial charge on any atom is -0.378 e. The lowest BCUT2D eigenvalue weighted by molar-refractivity contribution is -0.124. The number of anilines is 4. The van der Waals surface area contributed by atoms with Gasteiger partial charge in [0, 0.05) is 79.9 Å². The molecule has 3 N–H and O–H groups in total. The Balaban J connectivity index is 0.843. The molecule has 286 valence electrons. The fourth-order valence-electron chi connectivity index (χ4n) is 8.79. The average molecular weight is 734 g/mol. The molecule has 2 saturated heterocycles. The first-order chi connectivity index (χ1) is 26.1. The van der Waals surface area contributed by atoms with Crippen LogP contribution in [-0.2, 0) is 14.4 Å². The Labute approximate surface area is 319 Å². The Bertz CT molecular complexity index is 1840. The Morgan fingerprint density at radius 3 is 1.76 bits per heavy atom. The number of carbonyl (C=O) groups excluding carboxylic acids is 4. The van der Waals surface area contributed by atoms with Crippen LogP contribution in [0.25, 0.3) is 0 Å². The summed E-state index contributed by atoms with van der Waals surface area (Å²) in [5.41, 5.74) is 5.94. The van der Waals surface area contributed by atoms with Crippen molar-refractivity contribution in [3.63, 3.8) is 0 Å². The maximum Gasteiger partial charge on any atom is 0.320 e. The van der Waals surface area contributed by atoms with E-state index in [2.05, 4.69) is 48.0 Å². The maximum atomic E-state index is 13.3. The van der Waals surface area contributed by atoms with Gasteiger partial charge in [-0.3, -0.25) is 14.4 Å². The number of hydrogen-bond acceptors (Lipinski definition) is 6. The van der Waals surface area contributed by atoms with Crippen LogP contribution >= 0.6 is 0 Å². The number of nitrogens with one attached hydrogen (secondary N) is 3. The number of fused-ring (bicyclic) bond motifs is 2. The SMILES string of the molecule is CCC(=O)N1c2ccccc2[C@H](NCC2CCN(C(=O)N3CC(C(=O)Nc4ccc(N[C@@H]5C[C@H](C)N(C(=O)CC)c6ccccc65)cc4)C3)CC2)C[C@@H]1C. The van der Waals surface area contributed by atoms with Crippen molar-refractivity contribution in [2.24, 2.45) is 11.8 Å². The summed E-state index contributed by atoms with van der Waals surface area (Å²) in [5.74, 6) is 0.476. The van der Waals surface area contributed by atoms with Crippen molar-refractivity contribution in [2.75, 3.05) is 53.2 Å². The summed E-state index contributed by atoms with van der Waals surface area (Å²) in [5, 5.41) is 10.5. The van der Waals surface area contributed by atoms with E-state index in [1.165, 1.54) is 5.56 Å². The molecule has 0 aromatic heterocycles. The Morgan fingerprint density at radius 2 is 1.19 bits per heavy atom. The van der Waals surface area contributed by atoms with Gasteiger partial charge in [-0.15, -0.1) is 0 Å². The van der Waals surface area contributed by atoms with E-state index in [0.717, 1.165) is 73.6 Å². The van der Waals surface area contributed by atoms with Crippen LogP contribution < -0.4 is 25.8 Å². The molecule has 4 heterocycles. The fourth-order valence-corrected chi connectivity index (χ4v) is 8.79. The van der Waals surface area contributed by atoms with Gasteiger partial charge in [0.1, 0.15) is 0 Å². The lowest BCUT2D eigenvalue weighted by Gasteiger charge is -2.43. The number of hydrogen-bond donors (Lipinski definition) is 3. The van der Waals surface area contributed by atoms with Crippen molar-refractivity contribution in [3.8, 4) is 0 Å². The Kier molecular flexibility index (Phi) is 11.2. The second kappa shape index (κ2) is 16.2. The van der Waals surface area contributed by atoms with Gasteiger partial charge in [0.05, 0.1) is 12.0 Å². The van der Waals surface area contributed by atoms with Gasteiger partial charge in [-0.2, -0.15) is 0 Å². The minimum absolute atomic E-state index is 0.0254. The second-order valence-corrected chi connectivity index (χ2v) is 15.6. The van der Waals surface area contributed by atoms with Gasteiger partial charge in [-0.1, -0.05) is 50.2 Å². The summed E-state index contributed by atoms with van der Waals surface area (Å²) in [6, 6.07) is 24.6. The van der Waals surface area contributed by atoms with Crippen molar-refractivity contribution in [3.05, 3.63) is 83.9 Å². The van der Waals surface area contributed by atoms with E-state index in [0.29, 0.717) is 31.8 Å². The van der Waals surface area contributed by atoms with Crippen LogP contribution in [0.3, 0.4) is 0 Å². The van der Waals surface area contributed by atoms with Crippen LogP contribution in [0.1, 0.15) is 89.4 Å². The Hall–Kier alpha value is -4.90. The van der Waals surface area contributed by atoms with Crippen molar-refractivity contribution in [2.45, 2.75) is 90.4 Å². The number of piperidine rings is 1. The van der Waals surface area contributed by atoms with Crippen LogP contribution in [-0.4, -0.2) is 78.4 Å². The zero-order valence-corrected chi connectivity index (χ0v) is 32.1. The predicted molar refractivity (Wildman–Crippen MR) is 214 cm³/mol. The number of nitrogens with zero attached hydrogens (tertiary/aromatic N) is 4.